The number of carbonyl (C=O) groups excluding carboxylic acids is 2. The smallest absolute Gasteiger partial charge is 0.321 e. The van der Waals surface area contributed by atoms with E-state index in [1.165, 1.54) is 0 Å². The summed E-state index contributed by atoms with van der Waals surface area (Å²) >= 11 is 0. The lowest BCUT2D eigenvalue weighted by Crippen LogP contribution is -2.74. The Morgan fingerprint density at radius 2 is 1.96 bits per heavy atom. The Kier molecular flexibility index (Phi) is 7.59. The maximum atomic E-state index is 14.9. The van der Waals surface area contributed by atoms with Gasteiger partial charge in [0.1, 0.15) is 18.3 Å². The fourth-order valence-corrected chi connectivity index (χ4v) is 2.48. The van der Waals surface area contributed by atoms with E-state index in [4.69, 9.17) is 20.7 Å². The van der Waals surface area contributed by atoms with E-state index in [1.807, 2.05) is 5.32 Å². The number of alkyl halides is 2. The summed E-state index contributed by atoms with van der Waals surface area (Å²) < 4.78 is 34.1. The predicted octanol–water partition coefficient (Wildman–Crippen LogP) is -3.96. The van der Waals surface area contributed by atoms with Gasteiger partial charge in [-0.25, -0.2) is 4.39 Å². The first-order valence-electron chi connectivity index (χ1n) is 7.49. The van der Waals surface area contributed by atoms with Crippen LogP contribution < -0.4 is 16.4 Å². The van der Waals surface area contributed by atoms with E-state index in [2.05, 4.69) is 5.32 Å². The van der Waals surface area contributed by atoms with Crippen molar-refractivity contribution in [1.29, 1.82) is 0 Å². The second-order valence-corrected chi connectivity index (χ2v) is 5.65. The van der Waals surface area contributed by atoms with Gasteiger partial charge in [0.2, 0.25) is 5.91 Å². The summed E-state index contributed by atoms with van der Waals surface area (Å²) in [6, 6.07) is -3.30. The Hall–Kier alpha value is -1.44. The second kappa shape index (κ2) is 8.78. The Balaban J connectivity index is 3.18. The minimum atomic E-state index is -3.63. The molecule has 7 atom stereocenters. The van der Waals surface area contributed by atoms with Gasteiger partial charge in [0.15, 0.2) is 6.17 Å². The molecule has 1 aliphatic heterocycles. The molecule has 1 saturated heterocycles. The number of ether oxygens (including phenoxy) is 1. The number of amides is 2. The first kappa shape index (κ1) is 21.6. The van der Waals surface area contributed by atoms with Crippen molar-refractivity contribution in [3.63, 3.8) is 0 Å². The van der Waals surface area contributed by atoms with Gasteiger partial charge in [0, 0.05) is 13.5 Å². The van der Waals surface area contributed by atoms with Crippen LogP contribution in [-0.4, -0.2) is 94.4 Å². The molecule has 0 unspecified atom stereocenters. The van der Waals surface area contributed by atoms with E-state index < -0.39 is 74.0 Å². The number of rotatable bonds is 7. The average molecular weight is 371 g/mol. The number of hydrogen-bond acceptors (Lipinski definition) is 8. The Morgan fingerprint density at radius 1 is 1.36 bits per heavy atom. The fourth-order valence-electron chi connectivity index (χ4n) is 2.48. The minimum absolute atomic E-state index is 0.391. The minimum Gasteiger partial charge on any atom is -0.395 e. The summed E-state index contributed by atoms with van der Waals surface area (Å²) in [7, 11) is 0. The highest BCUT2D eigenvalue weighted by molar-refractivity contribution is 5.84. The predicted molar refractivity (Wildman–Crippen MR) is 78.4 cm³/mol. The number of hydrogen-bond donors (Lipinski definition) is 7. The summed E-state index contributed by atoms with van der Waals surface area (Å²) in [6.07, 6.45) is -8.37. The van der Waals surface area contributed by atoms with Crippen LogP contribution in [0.1, 0.15) is 6.92 Å². The summed E-state index contributed by atoms with van der Waals surface area (Å²) in [5.74, 6) is -5.92. The topological polar surface area (TPSA) is 174 Å². The summed E-state index contributed by atoms with van der Waals surface area (Å²) in [6.45, 7) is -0.832. The lowest BCUT2D eigenvalue weighted by atomic mass is 9.86. The van der Waals surface area contributed by atoms with Crippen molar-refractivity contribution in [3.05, 3.63) is 0 Å². The number of halogens is 2. The molecule has 0 spiro atoms. The Morgan fingerprint density at radius 3 is 2.44 bits per heavy atom. The van der Waals surface area contributed by atoms with Crippen LogP contribution in [0.4, 0.5) is 8.78 Å². The SMILES string of the molecule is CC(=O)N[C@@H]1[C@@H](N)[C@@H](F)[C@](F)(C(=O)NCCO)O[C@H]1[C@H](O)[C@H](O)CO. The molecule has 0 bridgehead atoms. The molecule has 0 radical (unpaired) electrons. The molecule has 146 valence electrons. The van der Waals surface area contributed by atoms with Gasteiger partial charge in [-0.1, -0.05) is 0 Å². The maximum absolute atomic E-state index is 14.9. The van der Waals surface area contributed by atoms with E-state index in [0.29, 0.717) is 0 Å². The van der Waals surface area contributed by atoms with Crippen molar-refractivity contribution >= 4 is 11.8 Å². The van der Waals surface area contributed by atoms with Gasteiger partial charge in [-0.15, -0.1) is 0 Å². The quantitative estimate of drug-likeness (QED) is 0.237. The third-order valence-corrected chi connectivity index (χ3v) is 3.76. The van der Waals surface area contributed by atoms with Crippen LogP contribution in [0.15, 0.2) is 0 Å². The Labute approximate surface area is 141 Å². The van der Waals surface area contributed by atoms with Crippen molar-refractivity contribution in [2.75, 3.05) is 19.8 Å². The summed E-state index contributed by atoms with van der Waals surface area (Å²) in [4.78, 5) is 23.1. The zero-order valence-corrected chi connectivity index (χ0v) is 13.4. The molecule has 0 aromatic carbocycles. The van der Waals surface area contributed by atoms with E-state index >= 15 is 0 Å². The fraction of sp³-hybridized carbons (Fsp3) is 0.846. The normalized spacial score (nSPS) is 34.9. The van der Waals surface area contributed by atoms with Crippen molar-refractivity contribution < 1.29 is 43.5 Å². The summed E-state index contributed by atoms with van der Waals surface area (Å²) in [5, 5.41) is 41.2. The molecule has 0 saturated carbocycles. The van der Waals surface area contributed by atoms with Gasteiger partial charge in [-0.2, -0.15) is 4.39 Å². The van der Waals surface area contributed by atoms with Crippen molar-refractivity contribution in [3.8, 4) is 0 Å². The Bertz CT molecular complexity index is 487. The molecule has 2 amide bonds. The van der Waals surface area contributed by atoms with Crippen LogP contribution in [0.2, 0.25) is 0 Å². The molecular weight excluding hydrogens is 348 g/mol. The van der Waals surface area contributed by atoms with Crippen molar-refractivity contribution in [2.45, 2.75) is 49.3 Å². The maximum Gasteiger partial charge on any atom is 0.321 e. The van der Waals surface area contributed by atoms with Gasteiger partial charge in [0.25, 0.3) is 5.91 Å². The van der Waals surface area contributed by atoms with Gasteiger partial charge < -0.3 is 41.5 Å². The molecule has 0 aromatic heterocycles. The lowest BCUT2D eigenvalue weighted by Gasteiger charge is -2.46. The van der Waals surface area contributed by atoms with Gasteiger partial charge >= 0.3 is 5.85 Å². The highest BCUT2D eigenvalue weighted by Gasteiger charge is 2.61. The largest absolute Gasteiger partial charge is 0.395 e. The van der Waals surface area contributed by atoms with Crippen LogP contribution in [0, 0.1) is 0 Å². The van der Waals surface area contributed by atoms with Gasteiger partial charge in [-0.3, -0.25) is 9.59 Å². The van der Waals surface area contributed by atoms with Crippen LogP contribution >= 0.6 is 0 Å². The molecule has 0 aliphatic carbocycles. The van der Waals surface area contributed by atoms with Crippen LogP contribution in [0.5, 0.6) is 0 Å². The van der Waals surface area contributed by atoms with Gasteiger partial charge in [-0.05, 0) is 0 Å². The highest BCUT2D eigenvalue weighted by Crippen LogP contribution is 2.35. The number of nitrogens with one attached hydrogen (secondary N) is 2. The molecule has 8 N–H and O–H groups in total. The standard InChI is InChI=1S/C13H23F2N3O7/c1-5(21)18-8-7(16)11(14)13(15,12(24)17-2-3-19)25-10(8)9(23)6(22)4-20/h6-11,19-20,22-23H,2-4,16H2,1H3,(H,17,24)(H,18,21)/t6-,7-,8-,9-,10-,11-,13-/m1/s1. The highest BCUT2D eigenvalue weighted by atomic mass is 19.2. The zero-order chi connectivity index (χ0) is 19.4. The van der Waals surface area contributed by atoms with E-state index in [-0.39, 0.29) is 0 Å². The van der Waals surface area contributed by atoms with Gasteiger partial charge in [0.05, 0.1) is 25.3 Å². The molecule has 25 heavy (non-hydrogen) atoms. The molecule has 12 heteroatoms. The average Bonchev–Trinajstić information content (AvgIpc) is 2.58. The summed E-state index contributed by atoms with van der Waals surface area (Å²) in [5.41, 5.74) is 5.59. The number of carbonyl (C=O) groups is 2. The number of aliphatic hydroxyl groups is 4. The van der Waals surface area contributed by atoms with Crippen molar-refractivity contribution in [1.82, 2.24) is 10.6 Å². The molecular formula is C13H23F2N3O7. The zero-order valence-electron chi connectivity index (χ0n) is 13.4. The van der Waals surface area contributed by atoms with E-state index in [1.54, 1.807) is 0 Å². The van der Waals surface area contributed by atoms with Crippen LogP contribution in [0.3, 0.4) is 0 Å². The van der Waals surface area contributed by atoms with Crippen LogP contribution in [0.25, 0.3) is 0 Å². The van der Waals surface area contributed by atoms with Crippen LogP contribution in [-0.2, 0) is 14.3 Å². The van der Waals surface area contributed by atoms with Crippen molar-refractivity contribution in [2.24, 2.45) is 5.73 Å². The third-order valence-electron chi connectivity index (χ3n) is 3.76. The first-order valence-corrected chi connectivity index (χ1v) is 7.49. The third kappa shape index (κ3) is 4.59. The monoisotopic (exact) mass is 371 g/mol. The number of nitrogens with two attached hydrogens (primary N) is 1. The molecule has 1 aliphatic rings. The molecule has 0 aromatic rings. The van der Waals surface area contributed by atoms with E-state index in [9.17, 15) is 28.6 Å². The molecule has 10 nitrogen and oxygen atoms in total. The second-order valence-electron chi connectivity index (χ2n) is 5.65. The molecule has 1 fully saturated rings. The number of aliphatic hydroxyl groups excluding tert-OH is 4. The lowest BCUT2D eigenvalue weighted by molar-refractivity contribution is -0.267. The molecule has 1 rings (SSSR count). The molecule has 1 heterocycles. The van der Waals surface area contributed by atoms with E-state index in [0.717, 1.165) is 6.92 Å². The first-order chi connectivity index (χ1) is 11.6.